The average molecular weight is 332 g/mol. The van der Waals surface area contributed by atoms with E-state index in [4.69, 9.17) is 4.74 Å². The van der Waals surface area contributed by atoms with Crippen molar-refractivity contribution >= 4 is 17.3 Å². The molecule has 1 aromatic heterocycles. The molecule has 1 N–H and O–H groups in total. The van der Waals surface area contributed by atoms with Crippen molar-refractivity contribution in [1.29, 1.82) is 0 Å². The molecule has 1 amide bonds. The van der Waals surface area contributed by atoms with Gasteiger partial charge in [0.1, 0.15) is 11.4 Å². The van der Waals surface area contributed by atoms with Crippen molar-refractivity contribution < 1.29 is 14.5 Å². The highest BCUT2D eigenvalue weighted by Crippen LogP contribution is 2.29. The molecular weight excluding hydrogens is 316 g/mol. The quantitative estimate of drug-likeness (QED) is 0.637. The minimum Gasteiger partial charge on any atom is -0.495 e. The number of rotatable bonds is 6. The minimum atomic E-state index is -0.598. The number of carbonyl (C=O) groups is 1. The lowest BCUT2D eigenvalue weighted by Gasteiger charge is -2.10. The molecule has 0 saturated heterocycles. The van der Waals surface area contributed by atoms with E-state index >= 15 is 0 Å². The molecule has 0 fully saturated rings. The highest BCUT2D eigenvalue weighted by Gasteiger charge is 2.16. The number of carbonyl (C=O) groups excluding carboxylic acids is 1. The summed E-state index contributed by atoms with van der Waals surface area (Å²) < 4.78 is 6.28. The topological polar surface area (TPSA) is 116 Å². The monoisotopic (exact) mass is 332 g/mol. The van der Waals surface area contributed by atoms with Crippen molar-refractivity contribution in [2.45, 2.75) is 19.9 Å². The molecule has 0 aliphatic carbocycles. The van der Waals surface area contributed by atoms with Crippen LogP contribution in [0.3, 0.4) is 0 Å². The molecule has 0 aliphatic rings. The number of nitro benzene ring substituents is 1. The molecule has 0 unspecified atom stereocenters. The molecule has 24 heavy (non-hydrogen) atoms. The molecule has 0 spiro atoms. The zero-order valence-corrected chi connectivity index (χ0v) is 13.2. The van der Waals surface area contributed by atoms with Crippen molar-refractivity contribution in [3.05, 3.63) is 56.5 Å². The van der Waals surface area contributed by atoms with Crippen LogP contribution in [0.25, 0.3) is 0 Å². The van der Waals surface area contributed by atoms with Gasteiger partial charge in [0.15, 0.2) is 0 Å². The Morgan fingerprint density at radius 1 is 1.38 bits per heavy atom. The van der Waals surface area contributed by atoms with Crippen molar-refractivity contribution in [3.63, 3.8) is 0 Å². The second-order valence-corrected chi connectivity index (χ2v) is 4.88. The van der Waals surface area contributed by atoms with E-state index < -0.39 is 10.8 Å². The van der Waals surface area contributed by atoms with E-state index in [9.17, 15) is 19.7 Å². The number of hydrogen-bond donors (Lipinski definition) is 1. The third kappa shape index (κ3) is 3.75. The van der Waals surface area contributed by atoms with Gasteiger partial charge in [-0.05, 0) is 18.6 Å². The summed E-state index contributed by atoms with van der Waals surface area (Å²) in [6, 6.07) is 6.40. The molecule has 126 valence electrons. The van der Waals surface area contributed by atoms with E-state index in [1.807, 2.05) is 6.92 Å². The predicted molar refractivity (Wildman–Crippen MR) is 86.4 cm³/mol. The van der Waals surface area contributed by atoms with Crippen LogP contribution in [0, 0.1) is 10.1 Å². The largest absolute Gasteiger partial charge is 0.495 e. The fourth-order valence-electron chi connectivity index (χ4n) is 2.04. The number of aryl methyl sites for hydroxylation is 1. The highest BCUT2D eigenvalue weighted by molar-refractivity contribution is 6.03. The van der Waals surface area contributed by atoms with Gasteiger partial charge < -0.3 is 10.1 Å². The fraction of sp³-hybridized carbons (Fsp3) is 0.267. The third-order valence-corrected chi connectivity index (χ3v) is 3.18. The molecule has 0 atom stereocenters. The van der Waals surface area contributed by atoms with E-state index in [1.54, 1.807) is 0 Å². The molecule has 9 heteroatoms. The maximum atomic E-state index is 12.3. The summed E-state index contributed by atoms with van der Waals surface area (Å²) >= 11 is 0. The second kappa shape index (κ2) is 7.36. The highest BCUT2D eigenvalue weighted by atomic mass is 16.6. The smallest absolute Gasteiger partial charge is 0.276 e. The Kier molecular flexibility index (Phi) is 5.25. The third-order valence-electron chi connectivity index (χ3n) is 3.18. The first-order chi connectivity index (χ1) is 11.5. The number of aromatic nitrogens is 2. The van der Waals surface area contributed by atoms with Gasteiger partial charge in [0.2, 0.25) is 0 Å². The number of hydrogen-bond acceptors (Lipinski definition) is 6. The van der Waals surface area contributed by atoms with Crippen molar-refractivity contribution in [3.8, 4) is 5.75 Å². The van der Waals surface area contributed by atoms with Gasteiger partial charge in [0, 0.05) is 24.7 Å². The number of benzene rings is 1. The summed E-state index contributed by atoms with van der Waals surface area (Å²) in [4.78, 5) is 34.2. The standard InChI is InChI=1S/C15H16N4O5/c1-3-8-18-14(20)7-5-11(17-18)15(21)16-12-9-10(19(22)23)4-6-13(12)24-2/h4-7,9H,3,8H2,1-2H3,(H,16,21). The number of nitro groups is 1. The summed E-state index contributed by atoms with van der Waals surface area (Å²) in [5, 5.41) is 17.4. The van der Waals surface area contributed by atoms with Crippen LogP contribution in [0.15, 0.2) is 35.1 Å². The summed E-state index contributed by atoms with van der Waals surface area (Å²) in [7, 11) is 1.39. The molecule has 9 nitrogen and oxygen atoms in total. The molecule has 0 aliphatic heterocycles. The van der Waals surface area contributed by atoms with Crippen LogP contribution in [-0.2, 0) is 6.54 Å². The Bertz CT molecular complexity index is 831. The maximum absolute atomic E-state index is 12.3. The molecule has 1 heterocycles. The molecule has 1 aromatic carbocycles. The summed E-state index contributed by atoms with van der Waals surface area (Å²) in [6.45, 7) is 2.27. The van der Waals surface area contributed by atoms with Crippen LogP contribution in [0.4, 0.5) is 11.4 Å². The number of non-ortho nitro benzene ring substituents is 1. The second-order valence-electron chi connectivity index (χ2n) is 4.88. The van der Waals surface area contributed by atoms with Gasteiger partial charge in [-0.3, -0.25) is 19.7 Å². The Labute approximate surface area is 137 Å². The summed E-state index contributed by atoms with van der Waals surface area (Å²) in [5.41, 5.74) is -0.320. The number of methoxy groups -OCH3 is 1. The minimum absolute atomic E-state index is 0.0246. The van der Waals surface area contributed by atoms with Gasteiger partial charge in [0.25, 0.3) is 17.2 Å². The predicted octanol–water partition coefficient (Wildman–Crippen LogP) is 1.82. The average Bonchev–Trinajstić information content (AvgIpc) is 2.56. The zero-order chi connectivity index (χ0) is 17.7. The van der Waals surface area contributed by atoms with Crippen LogP contribution >= 0.6 is 0 Å². The first-order valence-corrected chi connectivity index (χ1v) is 7.18. The molecule has 0 bridgehead atoms. The Morgan fingerprint density at radius 2 is 2.12 bits per heavy atom. The van der Waals surface area contributed by atoms with Gasteiger partial charge in [-0.25, -0.2) is 4.68 Å². The number of amides is 1. The molecule has 2 aromatic rings. The van der Waals surface area contributed by atoms with Crippen LogP contribution in [0.1, 0.15) is 23.8 Å². The number of anilines is 1. The van der Waals surface area contributed by atoms with Crippen LogP contribution < -0.4 is 15.6 Å². The van der Waals surface area contributed by atoms with Gasteiger partial charge >= 0.3 is 0 Å². The lowest BCUT2D eigenvalue weighted by molar-refractivity contribution is -0.384. The van der Waals surface area contributed by atoms with E-state index in [0.717, 1.165) is 0 Å². The number of nitrogens with one attached hydrogen (secondary N) is 1. The van der Waals surface area contributed by atoms with Crippen molar-refractivity contribution in [1.82, 2.24) is 9.78 Å². The zero-order valence-electron chi connectivity index (χ0n) is 13.2. The number of nitrogens with zero attached hydrogens (tertiary/aromatic N) is 3. The summed E-state index contributed by atoms with van der Waals surface area (Å²) in [6.07, 6.45) is 0.691. The first-order valence-electron chi connectivity index (χ1n) is 7.18. The molecule has 0 radical (unpaired) electrons. The lowest BCUT2D eigenvalue weighted by Crippen LogP contribution is -2.26. The van der Waals surface area contributed by atoms with Crippen LogP contribution in [0.5, 0.6) is 5.75 Å². The van der Waals surface area contributed by atoms with E-state index in [2.05, 4.69) is 10.4 Å². The van der Waals surface area contributed by atoms with Gasteiger partial charge in [-0.15, -0.1) is 0 Å². The Morgan fingerprint density at radius 3 is 2.75 bits per heavy atom. The summed E-state index contributed by atoms with van der Waals surface area (Å²) in [5.74, 6) is -0.325. The normalized spacial score (nSPS) is 10.2. The van der Waals surface area contributed by atoms with Crippen molar-refractivity contribution in [2.75, 3.05) is 12.4 Å². The maximum Gasteiger partial charge on any atom is 0.276 e. The number of ether oxygens (including phenoxy) is 1. The van der Waals surface area contributed by atoms with E-state index in [1.165, 1.54) is 42.1 Å². The van der Waals surface area contributed by atoms with E-state index in [-0.39, 0.29) is 28.4 Å². The van der Waals surface area contributed by atoms with E-state index in [0.29, 0.717) is 13.0 Å². The van der Waals surface area contributed by atoms with Gasteiger partial charge in [-0.1, -0.05) is 6.92 Å². The first kappa shape index (κ1) is 17.1. The van der Waals surface area contributed by atoms with Gasteiger partial charge in [-0.2, -0.15) is 5.10 Å². The SMILES string of the molecule is CCCn1nc(C(=O)Nc2cc([N+](=O)[O-])ccc2OC)ccc1=O. The van der Waals surface area contributed by atoms with Crippen LogP contribution in [-0.4, -0.2) is 27.7 Å². The lowest BCUT2D eigenvalue weighted by atomic mass is 10.2. The Balaban J connectivity index is 2.32. The molecular formula is C15H16N4O5. The molecule has 2 rings (SSSR count). The van der Waals surface area contributed by atoms with Crippen molar-refractivity contribution in [2.24, 2.45) is 0 Å². The fourth-order valence-corrected chi connectivity index (χ4v) is 2.04. The van der Waals surface area contributed by atoms with Crippen LogP contribution in [0.2, 0.25) is 0 Å². The molecule has 0 saturated carbocycles. The Hall–Kier alpha value is -3.23. The van der Waals surface area contributed by atoms with Gasteiger partial charge in [0.05, 0.1) is 17.7 Å².